The van der Waals surface area contributed by atoms with Gasteiger partial charge in [0.05, 0.1) is 0 Å². The van der Waals surface area contributed by atoms with Crippen LogP contribution in [0.15, 0.2) is 23.1 Å². The van der Waals surface area contributed by atoms with Gasteiger partial charge in [0.15, 0.2) is 4.90 Å². The van der Waals surface area contributed by atoms with Crippen molar-refractivity contribution in [3.63, 3.8) is 0 Å². The number of sulfonamides is 1. The summed E-state index contributed by atoms with van der Waals surface area (Å²) in [6.07, 6.45) is 3.57. The maximum atomic E-state index is 13.6. The van der Waals surface area contributed by atoms with Crippen LogP contribution in [0.4, 0.5) is 8.78 Å². The molecule has 1 saturated heterocycles. The molecule has 1 aromatic carbocycles. The van der Waals surface area contributed by atoms with Gasteiger partial charge in [0.2, 0.25) is 10.0 Å². The van der Waals surface area contributed by atoms with E-state index in [1.54, 1.807) is 0 Å². The molecule has 0 amide bonds. The van der Waals surface area contributed by atoms with Crippen LogP contribution in [0.5, 0.6) is 0 Å². The van der Waals surface area contributed by atoms with Crippen LogP contribution in [-0.4, -0.2) is 39.5 Å². The van der Waals surface area contributed by atoms with Gasteiger partial charge in [-0.3, -0.25) is 0 Å². The minimum absolute atomic E-state index is 0.0720. The van der Waals surface area contributed by atoms with Gasteiger partial charge in [-0.2, -0.15) is 0 Å². The zero-order valence-electron chi connectivity index (χ0n) is 12.7. The van der Waals surface area contributed by atoms with Crippen LogP contribution in [0.2, 0.25) is 0 Å². The molecule has 1 aliphatic heterocycles. The molecule has 1 aromatic rings. The second-order valence-corrected chi connectivity index (χ2v) is 7.57. The Labute approximate surface area is 130 Å². The SMILES string of the molecule is CC(CNS(=O)(=O)c1c(F)cccc1F)CN1CCCCC1. The lowest BCUT2D eigenvalue weighted by atomic mass is 10.1. The second-order valence-electron chi connectivity index (χ2n) is 5.87. The van der Waals surface area contributed by atoms with Crippen molar-refractivity contribution in [3.05, 3.63) is 29.8 Å². The quantitative estimate of drug-likeness (QED) is 0.870. The third-order valence-electron chi connectivity index (χ3n) is 3.83. The monoisotopic (exact) mass is 332 g/mol. The smallest absolute Gasteiger partial charge is 0.246 e. The number of nitrogens with one attached hydrogen (secondary N) is 1. The maximum Gasteiger partial charge on any atom is 0.246 e. The van der Waals surface area contributed by atoms with Crippen molar-refractivity contribution >= 4 is 10.0 Å². The summed E-state index contributed by atoms with van der Waals surface area (Å²) in [5, 5.41) is 0. The first-order chi connectivity index (χ1) is 10.4. The molecule has 22 heavy (non-hydrogen) atoms. The van der Waals surface area contributed by atoms with Gasteiger partial charge in [0, 0.05) is 13.1 Å². The van der Waals surface area contributed by atoms with Gasteiger partial charge in [0.25, 0.3) is 0 Å². The fraction of sp³-hybridized carbons (Fsp3) is 0.600. The number of rotatable bonds is 6. The molecule has 7 heteroatoms. The molecule has 4 nitrogen and oxygen atoms in total. The van der Waals surface area contributed by atoms with Crippen LogP contribution in [-0.2, 0) is 10.0 Å². The molecule has 1 N–H and O–H groups in total. The Morgan fingerprint density at radius 3 is 2.36 bits per heavy atom. The van der Waals surface area contributed by atoms with Crippen molar-refractivity contribution in [2.45, 2.75) is 31.1 Å². The van der Waals surface area contributed by atoms with E-state index in [4.69, 9.17) is 0 Å². The standard InChI is InChI=1S/C15H22F2N2O2S/c1-12(11-19-8-3-2-4-9-19)10-18-22(20,21)15-13(16)6-5-7-14(15)17/h5-7,12,18H,2-4,8-11H2,1H3. The third-order valence-corrected chi connectivity index (χ3v) is 5.30. The highest BCUT2D eigenvalue weighted by Crippen LogP contribution is 2.18. The zero-order chi connectivity index (χ0) is 16.2. The summed E-state index contributed by atoms with van der Waals surface area (Å²) in [5.74, 6) is -2.07. The Bertz CT molecular complexity index is 581. The van der Waals surface area contributed by atoms with Crippen molar-refractivity contribution in [2.75, 3.05) is 26.2 Å². The highest BCUT2D eigenvalue weighted by Gasteiger charge is 2.24. The van der Waals surface area contributed by atoms with Crippen molar-refractivity contribution in [1.29, 1.82) is 0 Å². The molecule has 1 heterocycles. The Hall–Kier alpha value is -1.05. The normalized spacial score (nSPS) is 18.3. The molecule has 124 valence electrons. The van der Waals surface area contributed by atoms with Crippen molar-refractivity contribution in [1.82, 2.24) is 9.62 Å². The van der Waals surface area contributed by atoms with Gasteiger partial charge < -0.3 is 4.90 Å². The lowest BCUT2D eigenvalue weighted by Crippen LogP contribution is -2.38. The van der Waals surface area contributed by atoms with E-state index in [-0.39, 0.29) is 12.5 Å². The van der Waals surface area contributed by atoms with E-state index < -0.39 is 26.6 Å². The van der Waals surface area contributed by atoms with E-state index >= 15 is 0 Å². The first kappa shape index (κ1) is 17.3. The molecule has 2 rings (SSSR count). The number of hydrogen-bond donors (Lipinski definition) is 1. The van der Waals surface area contributed by atoms with Gasteiger partial charge >= 0.3 is 0 Å². The number of benzene rings is 1. The summed E-state index contributed by atoms with van der Waals surface area (Å²) >= 11 is 0. The minimum Gasteiger partial charge on any atom is -0.303 e. The van der Waals surface area contributed by atoms with Crippen LogP contribution >= 0.6 is 0 Å². The van der Waals surface area contributed by atoms with Gasteiger partial charge in [0.1, 0.15) is 11.6 Å². The fourth-order valence-electron chi connectivity index (χ4n) is 2.71. The van der Waals surface area contributed by atoms with E-state index in [9.17, 15) is 17.2 Å². The average Bonchev–Trinajstić information content (AvgIpc) is 2.46. The largest absolute Gasteiger partial charge is 0.303 e. The molecule has 0 bridgehead atoms. The number of likely N-dealkylation sites (tertiary alicyclic amines) is 1. The lowest BCUT2D eigenvalue weighted by molar-refractivity contribution is 0.201. The minimum atomic E-state index is -4.18. The fourth-order valence-corrected chi connectivity index (χ4v) is 4.01. The second kappa shape index (κ2) is 7.48. The average molecular weight is 332 g/mol. The molecule has 1 aliphatic rings. The van der Waals surface area contributed by atoms with Crippen molar-refractivity contribution < 1.29 is 17.2 Å². The predicted octanol–water partition coefficient (Wildman–Crippen LogP) is 2.37. The molecule has 1 atom stereocenters. The number of piperidine rings is 1. The molecule has 0 aliphatic carbocycles. The maximum absolute atomic E-state index is 13.6. The highest BCUT2D eigenvalue weighted by molar-refractivity contribution is 7.89. The van der Waals surface area contributed by atoms with Gasteiger partial charge in [-0.05, 0) is 44.0 Å². The first-order valence-corrected chi connectivity index (χ1v) is 9.04. The Kier molecular flexibility index (Phi) is 5.88. The number of nitrogens with zero attached hydrogens (tertiary/aromatic N) is 1. The van der Waals surface area contributed by atoms with E-state index in [1.807, 2.05) is 6.92 Å². The van der Waals surface area contributed by atoms with Crippen LogP contribution < -0.4 is 4.72 Å². The van der Waals surface area contributed by atoms with E-state index in [2.05, 4.69) is 9.62 Å². The van der Waals surface area contributed by atoms with Gasteiger partial charge in [-0.25, -0.2) is 21.9 Å². The molecule has 0 saturated carbocycles. The summed E-state index contributed by atoms with van der Waals surface area (Å²) in [6, 6.07) is 3.02. The molecule has 1 unspecified atom stereocenters. The van der Waals surface area contributed by atoms with Gasteiger partial charge in [-0.1, -0.05) is 19.4 Å². The Morgan fingerprint density at radius 2 is 1.77 bits per heavy atom. The molecule has 1 fully saturated rings. The summed E-state index contributed by atoms with van der Waals surface area (Å²) < 4.78 is 53.6. The first-order valence-electron chi connectivity index (χ1n) is 7.56. The van der Waals surface area contributed by atoms with Crippen LogP contribution in [0.1, 0.15) is 26.2 Å². The molecule has 0 radical (unpaired) electrons. The summed E-state index contributed by atoms with van der Waals surface area (Å²) in [4.78, 5) is 1.40. The highest BCUT2D eigenvalue weighted by atomic mass is 32.2. The summed E-state index contributed by atoms with van der Waals surface area (Å²) in [6.45, 7) is 4.92. The Balaban J connectivity index is 1.94. The number of hydrogen-bond acceptors (Lipinski definition) is 3. The molecular weight excluding hydrogens is 310 g/mol. The van der Waals surface area contributed by atoms with Crippen molar-refractivity contribution in [2.24, 2.45) is 5.92 Å². The van der Waals surface area contributed by atoms with Crippen LogP contribution in [0.3, 0.4) is 0 Å². The van der Waals surface area contributed by atoms with E-state index in [0.717, 1.165) is 37.8 Å². The summed E-state index contributed by atoms with van der Waals surface area (Å²) in [5.41, 5.74) is 0. The molecule has 0 spiro atoms. The predicted molar refractivity (Wildman–Crippen MR) is 81.0 cm³/mol. The zero-order valence-corrected chi connectivity index (χ0v) is 13.5. The number of halogens is 2. The van der Waals surface area contributed by atoms with Crippen LogP contribution in [0, 0.1) is 17.6 Å². The van der Waals surface area contributed by atoms with E-state index in [0.29, 0.717) is 0 Å². The topological polar surface area (TPSA) is 49.4 Å². The van der Waals surface area contributed by atoms with Crippen LogP contribution in [0.25, 0.3) is 0 Å². The van der Waals surface area contributed by atoms with E-state index in [1.165, 1.54) is 19.3 Å². The summed E-state index contributed by atoms with van der Waals surface area (Å²) in [7, 11) is -4.18. The molecule has 0 aromatic heterocycles. The van der Waals surface area contributed by atoms with Gasteiger partial charge in [-0.15, -0.1) is 0 Å². The molecular formula is C15H22F2N2O2S. The lowest BCUT2D eigenvalue weighted by Gasteiger charge is -2.29. The van der Waals surface area contributed by atoms with Crippen molar-refractivity contribution in [3.8, 4) is 0 Å². The third kappa shape index (κ3) is 4.47. The Morgan fingerprint density at radius 1 is 1.18 bits per heavy atom.